The van der Waals surface area contributed by atoms with Gasteiger partial charge in [-0.1, -0.05) is 6.07 Å². The molecule has 1 aliphatic rings. The Morgan fingerprint density at radius 3 is 2.75 bits per heavy atom. The molecular formula is C10H11NO4S. The highest BCUT2D eigenvalue weighted by molar-refractivity contribution is 7.93. The number of amides is 1. The molecular weight excluding hydrogens is 230 g/mol. The number of aliphatic hydroxyl groups is 1. The number of nitrogens with one attached hydrogen (secondary N) is 1. The number of fused-ring (bicyclic) bond motifs is 1. The summed E-state index contributed by atoms with van der Waals surface area (Å²) < 4.78 is 23.9. The molecule has 1 atom stereocenters. The van der Waals surface area contributed by atoms with Gasteiger partial charge in [0.2, 0.25) is 5.91 Å². The molecule has 1 aliphatic heterocycles. The summed E-state index contributed by atoms with van der Waals surface area (Å²) in [6.45, 7) is 1.12. The van der Waals surface area contributed by atoms with Gasteiger partial charge < -0.3 is 10.4 Å². The number of hydrogen-bond acceptors (Lipinski definition) is 4. The number of hydrogen-bond donors (Lipinski definition) is 2. The summed E-state index contributed by atoms with van der Waals surface area (Å²) in [5.74, 6) is -0.524. The Labute approximate surface area is 93.0 Å². The van der Waals surface area contributed by atoms with Crippen LogP contribution < -0.4 is 5.32 Å². The summed E-state index contributed by atoms with van der Waals surface area (Å²) in [4.78, 5) is 11.5. The van der Waals surface area contributed by atoms with Crippen molar-refractivity contribution in [3.8, 4) is 0 Å². The zero-order valence-electron chi connectivity index (χ0n) is 8.60. The summed E-state index contributed by atoms with van der Waals surface area (Å²) in [7, 11) is -3.63. The molecule has 0 aliphatic carbocycles. The normalized spacial score (nSPS) is 22.4. The van der Waals surface area contributed by atoms with Crippen molar-refractivity contribution in [2.45, 2.75) is 23.7 Å². The Hall–Kier alpha value is -1.40. The summed E-state index contributed by atoms with van der Waals surface area (Å²) >= 11 is 0. The van der Waals surface area contributed by atoms with Gasteiger partial charge in [-0.25, -0.2) is 8.42 Å². The third kappa shape index (κ3) is 1.50. The minimum absolute atomic E-state index is 0.0751. The molecule has 5 nitrogen and oxygen atoms in total. The Morgan fingerprint density at radius 2 is 2.12 bits per heavy atom. The zero-order chi connectivity index (χ0) is 11.9. The maximum atomic E-state index is 11.9. The highest BCUT2D eigenvalue weighted by Crippen LogP contribution is 2.30. The minimum atomic E-state index is -3.63. The molecule has 1 heterocycles. The molecule has 0 radical (unpaired) electrons. The van der Waals surface area contributed by atoms with Gasteiger partial charge in [0.05, 0.1) is 17.2 Å². The fourth-order valence-electron chi connectivity index (χ4n) is 1.57. The predicted molar refractivity (Wildman–Crippen MR) is 57.6 cm³/mol. The topological polar surface area (TPSA) is 83.5 Å². The number of aliphatic hydroxyl groups excluding tert-OH is 1. The molecule has 6 heteroatoms. The van der Waals surface area contributed by atoms with Crippen molar-refractivity contribution in [1.82, 2.24) is 0 Å². The lowest BCUT2D eigenvalue weighted by Crippen LogP contribution is -2.37. The molecule has 16 heavy (non-hydrogen) atoms. The molecule has 0 fully saturated rings. The van der Waals surface area contributed by atoms with Crippen LogP contribution in [0, 0.1) is 0 Å². The van der Waals surface area contributed by atoms with Crippen LogP contribution in [0.1, 0.15) is 12.5 Å². The Balaban J connectivity index is 2.67. The van der Waals surface area contributed by atoms with Crippen molar-refractivity contribution in [2.75, 3.05) is 5.32 Å². The molecule has 1 amide bonds. The van der Waals surface area contributed by atoms with Crippen LogP contribution in [0.15, 0.2) is 23.1 Å². The monoisotopic (exact) mass is 241 g/mol. The molecule has 1 aromatic rings. The average molecular weight is 241 g/mol. The predicted octanol–water partition coefficient (Wildman–Crippen LogP) is 0.293. The van der Waals surface area contributed by atoms with E-state index in [-0.39, 0.29) is 17.2 Å². The van der Waals surface area contributed by atoms with E-state index < -0.39 is 21.0 Å². The molecule has 0 bridgehead atoms. The van der Waals surface area contributed by atoms with Crippen molar-refractivity contribution >= 4 is 21.4 Å². The summed E-state index contributed by atoms with van der Waals surface area (Å²) in [6.07, 6.45) is 0. The number of rotatable bonds is 1. The highest BCUT2D eigenvalue weighted by Gasteiger charge is 2.36. The average Bonchev–Trinajstić information content (AvgIpc) is 2.26. The Kier molecular flexibility index (Phi) is 2.47. The number of carbonyl (C=O) groups excluding carboxylic acids is 1. The van der Waals surface area contributed by atoms with E-state index in [0.717, 1.165) is 0 Å². The maximum Gasteiger partial charge on any atom is 0.242 e. The van der Waals surface area contributed by atoms with Crippen LogP contribution in [-0.4, -0.2) is 24.7 Å². The Morgan fingerprint density at radius 1 is 1.44 bits per heavy atom. The quantitative estimate of drug-likeness (QED) is 0.740. The van der Waals surface area contributed by atoms with E-state index in [1.807, 2.05) is 0 Å². The van der Waals surface area contributed by atoms with Crippen molar-refractivity contribution in [2.24, 2.45) is 0 Å². The van der Waals surface area contributed by atoms with Crippen LogP contribution >= 0.6 is 0 Å². The van der Waals surface area contributed by atoms with E-state index in [9.17, 15) is 13.2 Å². The second-order valence-electron chi connectivity index (χ2n) is 3.67. The van der Waals surface area contributed by atoms with E-state index in [1.54, 1.807) is 6.07 Å². The van der Waals surface area contributed by atoms with E-state index in [4.69, 9.17) is 5.11 Å². The standard InChI is InChI=1S/C10H11NO4S/c1-6-10(13)11-8-3-2-7(5-12)4-9(8)16(6,14)15/h2-4,6,12H,5H2,1H3,(H,11,13). The molecule has 0 spiro atoms. The largest absolute Gasteiger partial charge is 0.392 e. The van der Waals surface area contributed by atoms with Crippen molar-refractivity contribution in [1.29, 1.82) is 0 Å². The smallest absolute Gasteiger partial charge is 0.242 e. The SMILES string of the molecule is CC1C(=O)Nc2ccc(CO)cc2S1(=O)=O. The number of sulfone groups is 1. The first-order chi connectivity index (χ1) is 7.46. The van der Waals surface area contributed by atoms with E-state index >= 15 is 0 Å². The van der Waals surface area contributed by atoms with Gasteiger partial charge in [-0.2, -0.15) is 0 Å². The third-order valence-electron chi connectivity index (χ3n) is 2.63. The summed E-state index contributed by atoms with van der Waals surface area (Å²) in [6, 6.07) is 4.45. The van der Waals surface area contributed by atoms with Gasteiger partial charge in [0.25, 0.3) is 0 Å². The number of carbonyl (C=O) groups is 1. The first-order valence-electron chi connectivity index (χ1n) is 4.75. The van der Waals surface area contributed by atoms with Gasteiger partial charge in [-0.15, -0.1) is 0 Å². The molecule has 0 aromatic heterocycles. The van der Waals surface area contributed by atoms with E-state index in [2.05, 4.69) is 5.32 Å². The van der Waals surface area contributed by atoms with Crippen LogP contribution in [-0.2, 0) is 21.2 Å². The van der Waals surface area contributed by atoms with Gasteiger partial charge in [0.15, 0.2) is 9.84 Å². The number of benzene rings is 1. The van der Waals surface area contributed by atoms with Crippen LogP contribution in [0.5, 0.6) is 0 Å². The van der Waals surface area contributed by atoms with Crippen LogP contribution in [0.3, 0.4) is 0 Å². The first-order valence-corrected chi connectivity index (χ1v) is 6.30. The van der Waals surface area contributed by atoms with Crippen LogP contribution in [0.4, 0.5) is 5.69 Å². The molecule has 1 unspecified atom stereocenters. The second kappa shape index (κ2) is 3.57. The lowest BCUT2D eigenvalue weighted by atomic mass is 10.2. The van der Waals surface area contributed by atoms with Crippen LogP contribution in [0.25, 0.3) is 0 Å². The first kappa shape index (κ1) is 11.1. The van der Waals surface area contributed by atoms with E-state index in [0.29, 0.717) is 5.56 Å². The van der Waals surface area contributed by atoms with Crippen molar-refractivity contribution in [3.05, 3.63) is 23.8 Å². The van der Waals surface area contributed by atoms with Gasteiger partial charge in [0, 0.05) is 0 Å². The molecule has 0 saturated carbocycles. The van der Waals surface area contributed by atoms with Crippen molar-refractivity contribution < 1.29 is 18.3 Å². The van der Waals surface area contributed by atoms with Crippen LogP contribution in [0.2, 0.25) is 0 Å². The molecule has 2 rings (SSSR count). The molecule has 86 valence electrons. The molecule has 1 aromatic carbocycles. The number of anilines is 1. The third-order valence-corrected chi connectivity index (χ3v) is 4.72. The van der Waals surface area contributed by atoms with Gasteiger partial charge in [-0.3, -0.25) is 4.79 Å². The highest BCUT2D eigenvalue weighted by atomic mass is 32.2. The van der Waals surface area contributed by atoms with Crippen molar-refractivity contribution in [3.63, 3.8) is 0 Å². The molecule has 0 saturated heterocycles. The van der Waals surface area contributed by atoms with Gasteiger partial charge in [-0.05, 0) is 24.6 Å². The minimum Gasteiger partial charge on any atom is -0.392 e. The summed E-state index contributed by atoms with van der Waals surface area (Å²) in [5, 5.41) is 10.4. The molecule has 2 N–H and O–H groups in total. The van der Waals surface area contributed by atoms with E-state index in [1.165, 1.54) is 19.1 Å². The van der Waals surface area contributed by atoms with Gasteiger partial charge >= 0.3 is 0 Å². The zero-order valence-corrected chi connectivity index (χ0v) is 9.41. The summed E-state index contributed by atoms with van der Waals surface area (Å²) in [5.41, 5.74) is 0.783. The maximum absolute atomic E-state index is 11.9. The fourth-order valence-corrected chi connectivity index (χ4v) is 3.03. The lowest BCUT2D eigenvalue weighted by molar-refractivity contribution is -0.115. The Bertz CT molecular complexity index is 550. The fraction of sp³-hybridized carbons (Fsp3) is 0.300. The lowest BCUT2D eigenvalue weighted by Gasteiger charge is -2.22. The second-order valence-corrected chi connectivity index (χ2v) is 5.90. The van der Waals surface area contributed by atoms with Gasteiger partial charge in [0.1, 0.15) is 5.25 Å².